The van der Waals surface area contributed by atoms with Gasteiger partial charge in [-0.1, -0.05) is 101 Å². The number of allylic oxidation sites excluding steroid dienone is 9. The van der Waals surface area contributed by atoms with Crippen LogP contribution in [0.3, 0.4) is 0 Å². The van der Waals surface area contributed by atoms with Gasteiger partial charge in [0.25, 0.3) is 0 Å². The fraction of sp³-hybridized carbons (Fsp3) is 0.538. The maximum atomic E-state index is 4.35. The van der Waals surface area contributed by atoms with Gasteiger partial charge in [0.15, 0.2) is 0 Å². The van der Waals surface area contributed by atoms with Crippen LogP contribution in [0.15, 0.2) is 72.9 Å². The fourth-order valence-electron chi connectivity index (χ4n) is 3.46. The molecule has 0 aliphatic heterocycles. The Bertz CT molecular complexity index is 512. The maximum absolute atomic E-state index is 4.35. The van der Waals surface area contributed by atoms with E-state index in [1.807, 2.05) is 6.08 Å². The van der Waals surface area contributed by atoms with E-state index >= 15 is 0 Å². The summed E-state index contributed by atoms with van der Waals surface area (Å²) < 4.78 is 0. The van der Waals surface area contributed by atoms with E-state index in [-0.39, 0.29) is 5.41 Å². The van der Waals surface area contributed by atoms with Gasteiger partial charge in [-0.2, -0.15) is 0 Å². The summed E-state index contributed by atoms with van der Waals surface area (Å²) in [6, 6.07) is 0. The zero-order valence-corrected chi connectivity index (χ0v) is 17.9. The highest BCUT2D eigenvalue weighted by molar-refractivity contribution is 5.50. The average molecular weight is 355 g/mol. The highest BCUT2D eigenvalue weighted by Crippen LogP contribution is 2.44. The standard InChI is InChI=1S/C26H42/c1-8-13-16-18-20-24(19-17-14-9-2)25(23(6)7)26(12-5,21-11-4)22-15-10-3/h11-12,17-20H,4-6,8-10,13-16,21-22H2,1-3,7H3. The Morgan fingerprint density at radius 2 is 1.50 bits per heavy atom. The van der Waals surface area contributed by atoms with Gasteiger partial charge in [-0.05, 0) is 43.8 Å². The molecular weight excluding hydrogens is 312 g/mol. The highest BCUT2D eigenvalue weighted by Gasteiger charge is 2.31. The summed E-state index contributed by atoms with van der Waals surface area (Å²) in [5, 5.41) is 0. The van der Waals surface area contributed by atoms with Gasteiger partial charge in [-0.15, -0.1) is 13.2 Å². The summed E-state index contributed by atoms with van der Waals surface area (Å²) in [5.74, 6) is 0. The van der Waals surface area contributed by atoms with Gasteiger partial charge < -0.3 is 0 Å². The van der Waals surface area contributed by atoms with Crippen molar-refractivity contribution in [3.63, 3.8) is 0 Å². The minimum Gasteiger partial charge on any atom is -0.103 e. The van der Waals surface area contributed by atoms with Crippen LogP contribution in [0.25, 0.3) is 0 Å². The van der Waals surface area contributed by atoms with Gasteiger partial charge in [-0.3, -0.25) is 0 Å². The van der Waals surface area contributed by atoms with E-state index in [1.54, 1.807) is 0 Å². The number of hydrogen-bond donors (Lipinski definition) is 0. The second-order valence-corrected chi connectivity index (χ2v) is 7.30. The lowest BCUT2D eigenvalue weighted by atomic mass is 9.69. The molecule has 0 rings (SSSR count). The fourth-order valence-corrected chi connectivity index (χ4v) is 3.46. The van der Waals surface area contributed by atoms with Crippen LogP contribution in [0.5, 0.6) is 0 Å². The van der Waals surface area contributed by atoms with Crippen LogP contribution in [0.4, 0.5) is 0 Å². The van der Waals surface area contributed by atoms with Crippen LogP contribution in [0.2, 0.25) is 0 Å². The first-order valence-electron chi connectivity index (χ1n) is 10.5. The Kier molecular flexibility index (Phi) is 13.7. The second kappa shape index (κ2) is 14.6. The van der Waals surface area contributed by atoms with Gasteiger partial charge in [0.1, 0.15) is 0 Å². The largest absolute Gasteiger partial charge is 0.103 e. The zero-order valence-electron chi connectivity index (χ0n) is 17.9. The van der Waals surface area contributed by atoms with E-state index in [4.69, 9.17) is 0 Å². The first-order valence-corrected chi connectivity index (χ1v) is 10.5. The van der Waals surface area contributed by atoms with Crippen molar-refractivity contribution in [3.05, 3.63) is 72.9 Å². The molecule has 0 saturated carbocycles. The van der Waals surface area contributed by atoms with Crippen molar-refractivity contribution in [2.24, 2.45) is 5.41 Å². The Morgan fingerprint density at radius 1 is 0.885 bits per heavy atom. The minimum absolute atomic E-state index is 0.0788. The Morgan fingerprint density at radius 3 is 1.96 bits per heavy atom. The van der Waals surface area contributed by atoms with Gasteiger partial charge in [0.05, 0.1) is 0 Å². The summed E-state index contributed by atoms with van der Waals surface area (Å²) in [6.45, 7) is 21.4. The normalized spacial score (nSPS) is 15.1. The minimum atomic E-state index is -0.0788. The summed E-state index contributed by atoms with van der Waals surface area (Å²) in [6.07, 6.45) is 23.6. The van der Waals surface area contributed by atoms with Crippen molar-refractivity contribution in [1.29, 1.82) is 0 Å². The molecule has 0 heterocycles. The van der Waals surface area contributed by atoms with Crippen LogP contribution in [0, 0.1) is 5.41 Å². The molecule has 0 aromatic heterocycles. The molecule has 0 aliphatic rings. The van der Waals surface area contributed by atoms with Gasteiger partial charge >= 0.3 is 0 Å². The van der Waals surface area contributed by atoms with E-state index in [0.717, 1.165) is 31.3 Å². The van der Waals surface area contributed by atoms with E-state index in [9.17, 15) is 0 Å². The molecule has 0 aromatic rings. The first kappa shape index (κ1) is 24.4. The summed E-state index contributed by atoms with van der Waals surface area (Å²) in [4.78, 5) is 0. The third-order valence-corrected chi connectivity index (χ3v) is 4.86. The average Bonchev–Trinajstić information content (AvgIpc) is 2.62. The number of rotatable bonds is 15. The quantitative estimate of drug-likeness (QED) is 0.156. The lowest BCUT2D eigenvalue weighted by Gasteiger charge is -2.34. The van der Waals surface area contributed by atoms with Crippen molar-refractivity contribution in [2.45, 2.75) is 85.5 Å². The molecule has 0 N–H and O–H groups in total. The SMILES string of the molecule is C=CCC(C=C)(CCCC)C(C(=C)C)=C(C=CCCC)C=CCCCC. The van der Waals surface area contributed by atoms with E-state index in [0.29, 0.717) is 0 Å². The molecule has 0 saturated heterocycles. The van der Waals surface area contributed by atoms with Crippen molar-refractivity contribution >= 4 is 0 Å². The molecule has 0 heteroatoms. The molecule has 1 unspecified atom stereocenters. The molecular formula is C26H42. The molecule has 0 spiro atoms. The monoisotopic (exact) mass is 354 g/mol. The Balaban J connectivity index is 6.27. The molecule has 146 valence electrons. The van der Waals surface area contributed by atoms with Crippen molar-refractivity contribution < 1.29 is 0 Å². The molecule has 0 nitrogen and oxygen atoms in total. The van der Waals surface area contributed by atoms with E-state index < -0.39 is 0 Å². The van der Waals surface area contributed by atoms with E-state index in [2.05, 4.69) is 77.8 Å². The van der Waals surface area contributed by atoms with Crippen LogP contribution in [-0.2, 0) is 0 Å². The molecule has 0 bridgehead atoms. The van der Waals surface area contributed by atoms with Crippen molar-refractivity contribution in [3.8, 4) is 0 Å². The van der Waals surface area contributed by atoms with Crippen LogP contribution >= 0.6 is 0 Å². The number of hydrogen-bond acceptors (Lipinski definition) is 0. The third-order valence-electron chi connectivity index (χ3n) is 4.86. The van der Waals surface area contributed by atoms with Gasteiger partial charge in [-0.25, -0.2) is 0 Å². The Labute approximate surface area is 164 Å². The Hall–Kier alpha value is -1.56. The molecule has 26 heavy (non-hydrogen) atoms. The predicted octanol–water partition coefficient (Wildman–Crippen LogP) is 8.90. The summed E-state index contributed by atoms with van der Waals surface area (Å²) in [7, 11) is 0. The van der Waals surface area contributed by atoms with Crippen LogP contribution in [0.1, 0.15) is 85.5 Å². The summed E-state index contributed by atoms with van der Waals surface area (Å²) in [5.41, 5.74) is 3.69. The van der Waals surface area contributed by atoms with Gasteiger partial charge in [0, 0.05) is 5.41 Å². The van der Waals surface area contributed by atoms with Crippen LogP contribution in [-0.4, -0.2) is 0 Å². The lowest BCUT2D eigenvalue weighted by molar-refractivity contribution is 0.413. The highest BCUT2D eigenvalue weighted by atomic mass is 14.3. The zero-order chi connectivity index (χ0) is 19.8. The van der Waals surface area contributed by atoms with Gasteiger partial charge in [0.2, 0.25) is 0 Å². The molecule has 0 fully saturated rings. The molecule has 0 radical (unpaired) electrons. The number of unbranched alkanes of at least 4 members (excludes halogenated alkanes) is 4. The molecule has 0 aromatic carbocycles. The van der Waals surface area contributed by atoms with Crippen LogP contribution < -0.4 is 0 Å². The smallest absolute Gasteiger partial charge is 0.0172 e. The van der Waals surface area contributed by atoms with Crippen molar-refractivity contribution in [1.82, 2.24) is 0 Å². The molecule has 0 aliphatic carbocycles. The maximum Gasteiger partial charge on any atom is 0.0172 e. The lowest BCUT2D eigenvalue weighted by Crippen LogP contribution is -2.22. The molecule has 0 amide bonds. The predicted molar refractivity (Wildman–Crippen MR) is 122 cm³/mol. The van der Waals surface area contributed by atoms with E-state index in [1.165, 1.54) is 43.3 Å². The first-order chi connectivity index (χ1) is 12.5. The topological polar surface area (TPSA) is 0 Å². The summed E-state index contributed by atoms with van der Waals surface area (Å²) >= 11 is 0. The second-order valence-electron chi connectivity index (χ2n) is 7.30. The molecule has 1 atom stereocenters. The van der Waals surface area contributed by atoms with Crippen molar-refractivity contribution in [2.75, 3.05) is 0 Å². The third kappa shape index (κ3) is 8.21.